The van der Waals surface area contributed by atoms with Crippen LogP contribution >= 0.6 is 0 Å². The van der Waals surface area contributed by atoms with E-state index in [1.807, 2.05) is 28.0 Å². The number of amides is 1. The Morgan fingerprint density at radius 2 is 1.45 bits per heavy atom. The molecule has 0 radical (unpaired) electrons. The Bertz CT molecular complexity index is 879. The molecule has 2 rings (SSSR count). The maximum Gasteiger partial charge on any atom is 3.00 e. The molecule has 1 aliphatic heterocycles. The minimum Gasteiger partial charge on any atom is -0.480 e. The fraction of sp³-hybridized carbons (Fsp3) is 0.609. The fourth-order valence-corrected chi connectivity index (χ4v) is 4.05. The first-order chi connectivity index (χ1) is 17.7. The van der Waals surface area contributed by atoms with Crippen molar-refractivity contribution in [3.05, 3.63) is 29.6 Å². The van der Waals surface area contributed by atoms with Gasteiger partial charge in [-0.15, -0.1) is 0 Å². The summed E-state index contributed by atoms with van der Waals surface area (Å²) in [6.07, 6.45) is 0.703. The van der Waals surface area contributed by atoms with Crippen molar-refractivity contribution in [2.75, 3.05) is 52.4 Å². The first kappa shape index (κ1) is 33.4. The van der Waals surface area contributed by atoms with E-state index in [1.165, 1.54) is 0 Å². The summed E-state index contributed by atoms with van der Waals surface area (Å²) in [5.74, 6) is 1.92. The number of rotatable bonds is 13. The summed E-state index contributed by atoms with van der Waals surface area (Å²) in [5.41, 5.74) is 3.60. The number of nitrogens with two attached hydrogens (primary N) is 1. The van der Waals surface area contributed by atoms with Gasteiger partial charge in [0.15, 0.2) is 0 Å². The molecule has 210 valence electrons. The van der Waals surface area contributed by atoms with Gasteiger partial charge in [-0.05, 0) is 31.5 Å². The molecule has 0 saturated heterocycles. The van der Waals surface area contributed by atoms with E-state index in [1.54, 1.807) is 0 Å². The van der Waals surface area contributed by atoms with Crippen LogP contribution in [0.4, 0.5) is 0 Å². The molecular formula is C23H37MnN7O7+3. The van der Waals surface area contributed by atoms with Gasteiger partial charge in [-0.1, -0.05) is 6.07 Å². The summed E-state index contributed by atoms with van der Waals surface area (Å²) >= 11 is 0. The van der Waals surface area contributed by atoms with Crippen LogP contribution in [0.25, 0.3) is 0 Å². The Balaban J connectivity index is 0.00000722. The second-order valence-corrected chi connectivity index (χ2v) is 8.97. The molecule has 1 aliphatic rings. The zero-order chi connectivity index (χ0) is 27.2. The van der Waals surface area contributed by atoms with Crippen LogP contribution in [-0.2, 0) is 49.3 Å². The Kier molecular flexibility index (Phi) is 15.6. The molecule has 7 N–H and O–H groups in total. The number of hydrazine groups is 1. The van der Waals surface area contributed by atoms with Crippen LogP contribution in [0.5, 0.6) is 0 Å². The summed E-state index contributed by atoms with van der Waals surface area (Å²) in [6, 6.07) is 4.51. The van der Waals surface area contributed by atoms with Crippen LogP contribution in [0.3, 0.4) is 0 Å². The molecule has 2 bridgehead atoms. The quantitative estimate of drug-likeness (QED) is 0.0675. The van der Waals surface area contributed by atoms with Gasteiger partial charge in [0.25, 0.3) is 0 Å². The third kappa shape index (κ3) is 13.2. The maximum absolute atomic E-state index is 12.0. The van der Waals surface area contributed by atoms with Crippen molar-refractivity contribution in [1.82, 2.24) is 30.4 Å². The number of hydrogen-bond donors (Lipinski definition) is 6. The molecule has 0 aromatic carbocycles. The summed E-state index contributed by atoms with van der Waals surface area (Å²) in [7, 11) is 0. The summed E-state index contributed by atoms with van der Waals surface area (Å²) in [4.78, 5) is 56.2. The number of aliphatic carboxylic acids is 3. The van der Waals surface area contributed by atoms with Gasteiger partial charge in [-0.25, -0.2) is 5.43 Å². The van der Waals surface area contributed by atoms with Crippen LogP contribution in [0.2, 0.25) is 0 Å². The molecule has 0 saturated carbocycles. The van der Waals surface area contributed by atoms with Gasteiger partial charge in [-0.3, -0.25) is 39.8 Å². The van der Waals surface area contributed by atoms with Crippen LogP contribution in [0.1, 0.15) is 30.7 Å². The predicted octanol–water partition coefficient (Wildman–Crippen LogP) is -1.63. The maximum atomic E-state index is 12.0. The average molecular weight is 579 g/mol. The standard InChI is InChI=1S/C23H37N7O7.Mn/c24-27-19(23(36)37)5-6-20(31)25-7-2-8-28-9-11-29(15-21(32)33)13-17-3-1-4-18(26-17)14-30(12-10-28)16-22(34)35;/h1,3-4,19,27H,2,5-16,24H2,(H,25,31)(H,32,33)(H,34,35)(H,36,37);/q;+3. The Morgan fingerprint density at radius 1 is 0.921 bits per heavy atom. The number of nitrogens with one attached hydrogen (secondary N) is 2. The van der Waals surface area contributed by atoms with E-state index in [0.717, 1.165) is 11.4 Å². The van der Waals surface area contributed by atoms with E-state index >= 15 is 0 Å². The normalized spacial score (nSPS) is 16.3. The van der Waals surface area contributed by atoms with E-state index in [9.17, 15) is 29.4 Å². The molecule has 14 nitrogen and oxygen atoms in total. The second-order valence-electron chi connectivity index (χ2n) is 8.97. The van der Waals surface area contributed by atoms with Crippen molar-refractivity contribution < 1.29 is 51.6 Å². The molecule has 0 spiro atoms. The van der Waals surface area contributed by atoms with Crippen LogP contribution in [-0.4, -0.2) is 117 Å². The minimum absolute atomic E-state index is 0. The van der Waals surface area contributed by atoms with Crippen molar-refractivity contribution in [1.29, 1.82) is 0 Å². The molecular weight excluding hydrogens is 541 g/mol. The average Bonchev–Trinajstić information content (AvgIpc) is 2.81. The van der Waals surface area contributed by atoms with Gasteiger partial charge in [0.2, 0.25) is 5.91 Å². The molecule has 1 aromatic rings. The van der Waals surface area contributed by atoms with Crippen molar-refractivity contribution in [3.63, 3.8) is 0 Å². The zero-order valence-corrected chi connectivity index (χ0v) is 22.4. The summed E-state index contributed by atoms with van der Waals surface area (Å²) < 4.78 is 0. The van der Waals surface area contributed by atoms with E-state index in [2.05, 4.69) is 20.6 Å². The SMILES string of the molecule is NNC(CCC(=O)NCCCN1CCN(CC(=O)O)Cc2cccc(n2)CN(CC(=O)O)CC1)C(=O)O.[Mn+3]. The van der Waals surface area contributed by atoms with Crippen molar-refractivity contribution in [2.45, 2.75) is 38.4 Å². The van der Waals surface area contributed by atoms with Crippen molar-refractivity contribution in [2.24, 2.45) is 5.84 Å². The van der Waals surface area contributed by atoms with E-state index in [0.29, 0.717) is 58.8 Å². The molecule has 1 unspecified atom stereocenters. The zero-order valence-electron chi connectivity index (χ0n) is 21.2. The number of pyridine rings is 1. The first-order valence-corrected chi connectivity index (χ1v) is 12.2. The molecule has 0 aliphatic carbocycles. The fourth-order valence-electron chi connectivity index (χ4n) is 4.05. The molecule has 1 aromatic heterocycles. The van der Waals surface area contributed by atoms with Gasteiger partial charge in [0, 0.05) is 52.2 Å². The van der Waals surface area contributed by atoms with Crippen molar-refractivity contribution >= 4 is 23.8 Å². The molecule has 0 fully saturated rings. The number of carbonyl (C=O) groups is 4. The molecule has 38 heavy (non-hydrogen) atoms. The van der Waals surface area contributed by atoms with Crippen LogP contribution in [0.15, 0.2) is 18.2 Å². The predicted molar refractivity (Wildman–Crippen MR) is 132 cm³/mol. The largest absolute Gasteiger partial charge is 3.00 e. The minimum atomic E-state index is -1.12. The molecule has 2 heterocycles. The molecule has 1 amide bonds. The van der Waals surface area contributed by atoms with Gasteiger partial charge in [0.1, 0.15) is 6.04 Å². The van der Waals surface area contributed by atoms with Crippen LogP contribution in [0, 0.1) is 0 Å². The third-order valence-electron chi connectivity index (χ3n) is 5.95. The number of fused-ring (bicyclic) bond motifs is 2. The van der Waals surface area contributed by atoms with Gasteiger partial charge in [0.05, 0.1) is 24.5 Å². The van der Waals surface area contributed by atoms with Gasteiger partial charge in [-0.2, -0.15) is 0 Å². The summed E-state index contributed by atoms with van der Waals surface area (Å²) in [6.45, 7) is 3.53. The number of carboxylic acid groups (broad SMARTS) is 3. The smallest absolute Gasteiger partial charge is 0.480 e. The number of aromatic nitrogens is 1. The Labute approximate surface area is 232 Å². The topological polar surface area (TPSA) is 202 Å². The monoisotopic (exact) mass is 578 g/mol. The van der Waals surface area contributed by atoms with Crippen LogP contribution < -0.4 is 16.6 Å². The van der Waals surface area contributed by atoms with E-state index in [-0.39, 0.29) is 48.9 Å². The number of nitrogens with zero attached hydrogens (tertiary/aromatic N) is 4. The third-order valence-corrected chi connectivity index (χ3v) is 5.95. The number of carboxylic acids is 3. The van der Waals surface area contributed by atoms with E-state index in [4.69, 9.17) is 10.9 Å². The molecule has 1 atom stereocenters. The Hall–Kier alpha value is -2.65. The van der Waals surface area contributed by atoms with Gasteiger partial charge >= 0.3 is 35.0 Å². The van der Waals surface area contributed by atoms with E-state index < -0.39 is 23.9 Å². The molecule has 15 heteroatoms. The Morgan fingerprint density at radius 3 is 1.92 bits per heavy atom. The second kappa shape index (κ2) is 17.8. The number of carbonyl (C=O) groups excluding carboxylic acids is 1. The first-order valence-electron chi connectivity index (χ1n) is 12.2. The van der Waals surface area contributed by atoms with Gasteiger partial charge < -0.3 is 25.5 Å². The van der Waals surface area contributed by atoms with Crippen molar-refractivity contribution in [3.8, 4) is 0 Å². The number of hydrogen-bond acceptors (Lipinski definition) is 10. The summed E-state index contributed by atoms with van der Waals surface area (Å²) in [5, 5.41) is 30.4.